The van der Waals surface area contributed by atoms with Crippen molar-refractivity contribution in [3.63, 3.8) is 0 Å². The average Bonchev–Trinajstić information content (AvgIpc) is 3.63. The van der Waals surface area contributed by atoms with E-state index in [2.05, 4.69) is 17.4 Å². The van der Waals surface area contributed by atoms with E-state index >= 15 is 0 Å². The van der Waals surface area contributed by atoms with Gasteiger partial charge in [0, 0.05) is 42.7 Å². The fraction of sp³-hybridized carbons (Fsp3) is 0.325. The summed E-state index contributed by atoms with van der Waals surface area (Å²) in [4.78, 5) is 40.5. The fourth-order valence-electron chi connectivity index (χ4n) is 6.22. The number of amides is 1. The van der Waals surface area contributed by atoms with E-state index in [-0.39, 0.29) is 18.1 Å². The topological polar surface area (TPSA) is 95.9 Å². The number of nitrogens with one attached hydrogen (secondary N) is 1. The highest BCUT2D eigenvalue weighted by Crippen LogP contribution is 2.29. The zero-order valence-corrected chi connectivity index (χ0v) is 26.9. The Labute approximate surface area is 277 Å². The van der Waals surface area contributed by atoms with Crippen LogP contribution in [0.25, 0.3) is 0 Å². The van der Waals surface area contributed by atoms with Crippen LogP contribution < -0.4 is 10.1 Å². The molecule has 0 bridgehead atoms. The van der Waals surface area contributed by atoms with E-state index in [9.17, 15) is 19.5 Å². The van der Waals surface area contributed by atoms with Gasteiger partial charge in [-0.15, -0.1) is 0 Å². The molecule has 1 atom stereocenters. The molecule has 4 aromatic rings. The minimum atomic E-state index is -1.01. The van der Waals surface area contributed by atoms with Crippen molar-refractivity contribution < 1.29 is 24.2 Å². The van der Waals surface area contributed by atoms with Crippen molar-refractivity contribution in [3.8, 4) is 5.75 Å². The Balaban J connectivity index is 1.13. The highest BCUT2D eigenvalue weighted by Gasteiger charge is 2.22. The summed E-state index contributed by atoms with van der Waals surface area (Å²) in [6.45, 7) is 1.69. The molecule has 1 fully saturated rings. The molecule has 0 aliphatic heterocycles. The zero-order valence-electron chi connectivity index (χ0n) is 26.9. The van der Waals surface area contributed by atoms with E-state index in [0.29, 0.717) is 61.0 Å². The van der Waals surface area contributed by atoms with Crippen LogP contribution in [-0.2, 0) is 22.6 Å². The van der Waals surface area contributed by atoms with Crippen LogP contribution in [0.15, 0.2) is 109 Å². The summed E-state index contributed by atoms with van der Waals surface area (Å²) < 4.78 is 6.01. The van der Waals surface area contributed by atoms with E-state index in [1.165, 1.54) is 25.7 Å². The van der Waals surface area contributed by atoms with E-state index in [1.807, 2.05) is 53.4 Å². The largest absolute Gasteiger partial charge is 0.494 e. The van der Waals surface area contributed by atoms with Gasteiger partial charge in [-0.25, -0.2) is 4.79 Å². The number of para-hydroxylation sites is 1. The first-order chi connectivity index (χ1) is 23.0. The van der Waals surface area contributed by atoms with Gasteiger partial charge in [0.2, 0.25) is 5.91 Å². The predicted octanol–water partition coefficient (Wildman–Crippen LogP) is 7.79. The number of benzene rings is 4. The number of hydrogen-bond acceptors (Lipinski definition) is 5. The molecule has 2 N–H and O–H groups in total. The van der Waals surface area contributed by atoms with Crippen molar-refractivity contribution in [3.05, 3.63) is 131 Å². The van der Waals surface area contributed by atoms with Crippen LogP contribution in [0, 0.1) is 5.92 Å². The molecule has 4 aromatic carbocycles. The van der Waals surface area contributed by atoms with Crippen LogP contribution in [0.1, 0.15) is 72.0 Å². The maximum absolute atomic E-state index is 13.2. The lowest BCUT2D eigenvalue weighted by molar-refractivity contribution is -0.138. The number of ketones is 1. The highest BCUT2D eigenvalue weighted by molar-refractivity contribution is 6.12. The summed E-state index contributed by atoms with van der Waals surface area (Å²) in [6, 6.07) is 32.5. The van der Waals surface area contributed by atoms with Gasteiger partial charge < -0.3 is 20.1 Å². The molecule has 1 aliphatic carbocycles. The average molecular weight is 633 g/mol. The van der Waals surface area contributed by atoms with E-state index in [4.69, 9.17) is 4.74 Å². The van der Waals surface area contributed by atoms with Crippen LogP contribution in [0.2, 0.25) is 0 Å². The SMILES string of the molecule is O=C(c1ccccc1)c1ccccc1N[C@@H](Cc1ccc(OCCCN(Cc2ccccc2)C(=O)CCC2CCCC2)cc1)C(=O)O. The lowest BCUT2D eigenvalue weighted by Gasteiger charge is -2.24. The molecule has 1 aliphatic rings. The fourth-order valence-corrected chi connectivity index (χ4v) is 6.22. The quantitative estimate of drug-likeness (QED) is 0.0911. The lowest BCUT2D eigenvalue weighted by atomic mass is 10.00. The third-order valence-corrected chi connectivity index (χ3v) is 8.85. The second-order valence-corrected chi connectivity index (χ2v) is 12.3. The number of carboxylic acid groups (broad SMARTS) is 1. The van der Waals surface area contributed by atoms with Crippen LogP contribution in [0.4, 0.5) is 5.69 Å². The van der Waals surface area contributed by atoms with Gasteiger partial charge in [-0.3, -0.25) is 9.59 Å². The Bertz CT molecular complexity index is 1580. The molecule has 7 nitrogen and oxygen atoms in total. The molecule has 47 heavy (non-hydrogen) atoms. The minimum Gasteiger partial charge on any atom is -0.494 e. The Morgan fingerprint density at radius 2 is 1.47 bits per heavy atom. The summed E-state index contributed by atoms with van der Waals surface area (Å²) in [7, 11) is 0. The maximum Gasteiger partial charge on any atom is 0.326 e. The van der Waals surface area contributed by atoms with Crippen molar-refractivity contribution in [2.24, 2.45) is 5.92 Å². The number of rotatable bonds is 17. The molecular weight excluding hydrogens is 588 g/mol. The third kappa shape index (κ3) is 10.0. The molecule has 7 heteroatoms. The molecule has 244 valence electrons. The van der Waals surface area contributed by atoms with Crippen LogP contribution in [0.5, 0.6) is 5.75 Å². The summed E-state index contributed by atoms with van der Waals surface area (Å²) in [5.41, 5.74) is 3.39. The number of hydrogen-bond donors (Lipinski definition) is 2. The summed E-state index contributed by atoms with van der Waals surface area (Å²) in [6.07, 6.45) is 7.56. The van der Waals surface area contributed by atoms with Gasteiger partial charge in [-0.2, -0.15) is 0 Å². The third-order valence-electron chi connectivity index (χ3n) is 8.85. The molecule has 0 unspecified atom stereocenters. The number of anilines is 1. The number of nitrogens with zero attached hydrogens (tertiary/aromatic N) is 1. The molecule has 0 aromatic heterocycles. The summed E-state index contributed by atoms with van der Waals surface area (Å²) in [5, 5.41) is 13.1. The second-order valence-electron chi connectivity index (χ2n) is 12.3. The van der Waals surface area contributed by atoms with Gasteiger partial charge in [0.1, 0.15) is 11.8 Å². The van der Waals surface area contributed by atoms with Crippen molar-refractivity contribution in [1.29, 1.82) is 0 Å². The zero-order chi connectivity index (χ0) is 32.8. The predicted molar refractivity (Wildman–Crippen MR) is 185 cm³/mol. The molecule has 1 amide bonds. The Morgan fingerprint density at radius 1 is 0.809 bits per heavy atom. The highest BCUT2D eigenvalue weighted by atomic mass is 16.5. The monoisotopic (exact) mass is 632 g/mol. The number of aliphatic carboxylic acids is 1. The van der Waals surface area contributed by atoms with Gasteiger partial charge >= 0.3 is 5.97 Å². The van der Waals surface area contributed by atoms with Crippen LogP contribution in [0.3, 0.4) is 0 Å². The molecule has 1 saturated carbocycles. The molecule has 0 spiro atoms. The van der Waals surface area contributed by atoms with E-state index < -0.39 is 12.0 Å². The number of carbonyl (C=O) groups is 3. The first kappa shape index (κ1) is 33.5. The van der Waals surface area contributed by atoms with Gasteiger partial charge in [-0.05, 0) is 54.2 Å². The lowest BCUT2D eigenvalue weighted by Crippen LogP contribution is -2.32. The van der Waals surface area contributed by atoms with Gasteiger partial charge in [0.25, 0.3) is 0 Å². The molecule has 0 radical (unpaired) electrons. The molecule has 0 saturated heterocycles. The van der Waals surface area contributed by atoms with Gasteiger partial charge in [0.15, 0.2) is 5.78 Å². The number of carbonyl (C=O) groups excluding carboxylic acids is 2. The minimum absolute atomic E-state index is 0.170. The summed E-state index contributed by atoms with van der Waals surface area (Å²) >= 11 is 0. The molecule has 0 heterocycles. The Kier molecular flexibility index (Phi) is 12.2. The van der Waals surface area contributed by atoms with E-state index in [1.54, 1.807) is 48.5 Å². The first-order valence-corrected chi connectivity index (χ1v) is 16.7. The van der Waals surface area contributed by atoms with Gasteiger partial charge in [0.05, 0.1) is 6.61 Å². The first-order valence-electron chi connectivity index (χ1n) is 16.7. The maximum atomic E-state index is 13.2. The molecular formula is C40H44N2O5. The van der Waals surface area contributed by atoms with E-state index in [0.717, 1.165) is 17.5 Å². The second kappa shape index (κ2) is 17.1. The van der Waals surface area contributed by atoms with Crippen LogP contribution >= 0.6 is 0 Å². The number of carboxylic acids is 1. The van der Waals surface area contributed by atoms with Crippen molar-refractivity contribution in [2.75, 3.05) is 18.5 Å². The smallest absolute Gasteiger partial charge is 0.326 e. The Morgan fingerprint density at radius 3 is 2.17 bits per heavy atom. The standard InChI is InChI=1S/C40H44N2O5/c43-38(25-22-30-12-7-8-13-30)42(29-32-14-3-1-4-15-32)26-11-27-47-34-23-20-31(21-24-34)28-37(40(45)46)41-36-19-10-9-18-35(36)39(44)33-16-5-2-6-17-33/h1-6,9-10,14-21,23-24,30,37,41H,7-8,11-13,22,25-29H2,(H,45,46)/t37-/m0/s1. The number of ether oxygens (including phenoxy) is 1. The van der Waals surface area contributed by atoms with Crippen molar-refractivity contribution >= 4 is 23.3 Å². The normalized spacial score (nSPS) is 13.5. The Hall–Kier alpha value is -4.91. The van der Waals surface area contributed by atoms with Crippen LogP contribution in [-0.4, -0.2) is 46.9 Å². The van der Waals surface area contributed by atoms with Gasteiger partial charge in [-0.1, -0.05) is 111 Å². The van der Waals surface area contributed by atoms with Crippen molar-refractivity contribution in [1.82, 2.24) is 4.90 Å². The molecule has 5 rings (SSSR count). The van der Waals surface area contributed by atoms with Crippen molar-refractivity contribution in [2.45, 2.75) is 64.0 Å². The summed E-state index contributed by atoms with van der Waals surface area (Å²) in [5.74, 6) is 0.402.